The van der Waals surface area contributed by atoms with E-state index in [-0.39, 0.29) is 60.4 Å². The quantitative estimate of drug-likeness (QED) is 0.478. The van der Waals surface area contributed by atoms with Crippen LogP contribution < -0.4 is 0 Å². The first-order valence-electron chi connectivity index (χ1n) is 12.1. The van der Waals surface area contributed by atoms with Gasteiger partial charge in [0.2, 0.25) is 10.0 Å². The van der Waals surface area contributed by atoms with E-state index >= 15 is 8.78 Å². The highest BCUT2D eigenvalue weighted by molar-refractivity contribution is 7.88. The van der Waals surface area contributed by atoms with Crippen molar-refractivity contribution in [2.24, 2.45) is 0 Å². The topological polar surface area (TPSA) is 60.9 Å². The lowest BCUT2D eigenvalue weighted by Gasteiger charge is -2.39. The molecule has 5 nitrogen and oxygen atoms in total. The van der Waals surface area contributed by atoms with Gasteiger partial charge in [0, 0.05) is 42.8 Å². The van der Waals surface area contributed by atoms with Gasteiger partial charge < -0.3 is 5.11 Å². The number of fused-ring (bicyclic) bond motifs is 2. The second-order valence-corrected chi connectivity index (χ2v) is 11.9. The van der Waals surface area contributed by atoms with Crippen LogP contribution in [0.3, 0.4) is 0 Å². The van der Waals surface area contributed by atoms with Crippen LogP contribution in [0, 0.1) is 11.6 Å². The van der Waals surface area contributed by atoms with Gasteiger partial charge in [0.15, 0.2) is 0 Å². The van der Waals surface area contributed by atoms with Crippen LogP contribution >= 0.6 is 0 Å². The van der Waals surface area contributed by atoms with Crippen LogP contribution in [0.25, 0.3) is 11.1 Å². The summed E-state index contributed by atoms with van der Waals surface area (Å²) in [7, 11) is -3.43. The predicted octanol–water partition coefficient (Wildman–Crippen LogP) is 5.11. The Labute approximate surface area is 220 Å². The third kappa shape index (κ3) is 5.16. The summed E-state index contributed by atoms with van der Waals surface area (Å²) in [5.74, 6) is -1.85. The van der Waals surface area contributed by atoms with Crippen LogP contribution in [-0.4, -0.2) is 66.5 Å². The minimum atomic E-state index is -6.06. The molecule has 2 saturated heterocycles. The molecule has 2 bridgehead atoms. The van der Waals surface area contributed by atoms with Crippen LogP contribution in [0.5, 0.6) is 0 Å². The molecule has 0 spiro atoms. The van der Waals surface area contributed by atoms with E-state index in [1.165, 1.54) is 4.31 Å². The van der Waals surface area contributed by atoms with Crippen molar-refractivity contribution in [2.75, 3.05) is 19.3 Å². The molecular weight excluding hydrogens is 560 g/mol. The van der Waals surface area contributed by atoms with E-state index in [1.807, 2.05) is 0 Å². The molecule has 1 N–H and O–H groups in total. The second-order valence-electron chi connectivity index (χ2n) is 9.99. The molecule has 2 heterocycles. The maximum atomic E-state index is 15.6. The Morgan fingerprint density at radius 1 is 0.923 bits per heavy atom. The minimum absolute atomic E-state index is 0.0128. The van der Waals surface area contributed by atoms with Crippen molar-refractivity contribution < 1.29 is 48.6 Å². The summed E-state index contributed by atoms with van der Waals surface area (Å²) in [4.78, 5) is 1.77. The maximum Gasteiger partial charge on any atom is 0.430 e. The molecule has 14 heteroatoms. The van der Waals surface area contributed by atoms with Gasteiger partial charge in [-0.25, -0.2) is 17.2 Å². The van der Waals surface area contributed by atoms with Gasteiger partial charge in [-0.05, 0) is 42.0 Å². The number of alkyl halides is 6. The standard InChI is InChI=1S/C25H26F8N2O3S/c1-3-18-19(14-4-6-15(7-5-14)23(36,24(28,29)30)25(31,32)33)10-21(26)20(22(18)27)13-34-11-16-8-9-17(12-34)35(16)39(2,37)38/h4-7,10,16-17,36H,3,8-9,11-13H2,1-2H3. The lowest BCUT2D eigenvalue weighted by atomic mass is 9.89. The molecule has 216 valence electrons. The Bertz CT molecular complexity index is 1320. The molecule has 0 aromatic heterocycles. The van der Waals surface area contributed by atoms with Crippen molar-refractivity contribution >= 4 is 10.0 Å². The SMILES string of the molecule is CCc1c(-c2ccc(C(O)(C(F)(F)F)C(F)(F)F)cc2)cc(F)c(CN2CC3CCC(C2)N3S(C)(=O)=O)c1F. The van der Waals surface area contributed by atoms with E-state index in [1.54, 1.807) is 11.8 Å². The summed E-state index contributed by atoms with van der Waals surface area (Å²) in [6.45, 7) is 2.00. The molecule has 2 fully saturated rings. The Kier molecular flexibility index (Phi) is 7.58. The highest BCUT2D eigenvalue weighted by atomic mass is 32.2. The van der Waals surface area contributed by atoms with E-state index < -0.39 is 45.2 Å². The van der Waals surface area contributed by atoms with Crippen LogP contribution in [0.15, 0.2) is 30.3 Å². The van der Waals surface area contributed by atoms with E-state index in [2.05, 4.69) is 0 Å². The number of halogens is 8. The fourth-order valence-corrected chi connectivity index (χ4v) is 7.11. The highest BCUT2D eigenvalue weighted by Gasteiger charge is 2.71. The van der Waals surface area contributed by atoms with Crippen LogP contribution in [-0.2, 0) is 28.6 Å². The zero-order valence-corrected chi connectivity index (χ0v) is 21.7. The van der Waals surface area contributed by atoms with Crippen molar-refractivity contribution in [1.82, 2.24) is 9.21 Å². The Morgan fingerprint density at radius 3 is 1.87 bits per heavy atom. The van der Waals surface area contributed by atoms with Gasteiger partial charge in [-0.2, -0.15) is 30.6 Å². The fourth-order valence-electron chi connectivity index (χ4n) is 5.68. The van der Waals surface area contributed by atoms with Gasteiger partial charge >= 0.3 is 12.4 Å². The first-order valence-corrected chi connectivity index (χ1v) is 13.9. The lowest BCUT2D eigenvalue weighted by molar-refractivity contribution is -0.376. The molecule has 2 aromatic carbocycles. The molecular formula is C25H26F8N2O3S. The van der Waals surface area contributed by atoms with Crippen molar-refractivity contribution in [3.05, 3.63) is 58.7 Å². The number of rotatable bonds is 6. The normalized spacial score (nSPS) is 21.5. The molecule has 2 atom stereocenters. The number of sulfonamides is 1. The zero-order valence-electron chi connectivity index (χ0n) is 20.9. The number of likely N-dealkylation sites (tertiary alicyclic amines) is 1. The molecule has 2 aromatic rings. The number of hydrogen-bond acceptors (Lipinski definition) is 4. The van der Waals surface area contributed by atoms with Gasteiger partial charge in [0.1, 0.15) is 11.6 Å². The second kappa shape index (κ2) is 9.96. The number of aliphatic hydroxyl groups is 1. The predicted molar refractivity (Wildman–Crippen MR) is 126 cm³/mol. The smallest absolute Gasteiger partial charge is 0.369 e. The molecule has 0 saturated carbocycles. The summed E-state index contributed by atoms with van der Waals surface area (Å²) in [6.07, 6.45) is -9.70. The largest absolute Gasteiger partial charge is 0.430 e. The minimum Gasteiger partial charge on any atom is -0.369 e. The van der Waals surface area contributed by atoms with E-state index in [0.717, 1.165) is 24.5 Å². The summed E-state index contributed by atoms with van der Waals surface area (Å²) in [5.41, 5.74) is -6.93. The average Bonchev–Trinajstić information content (AvgIpc) is 3.11. The van der Waals surface area contributed by atoms with Crippen LogP contribution in [0.4, 0.5) is 35.1 Å². The Hall–Kier alpha value is -2.29. The van der Waals surface area contributed by atoms with Crippen LogP contribution in [0.2, 0.25) is 0 Å². The van der Waals surface area contributed by atoms with Crippen molar-refractivity contribution in [3.8, 4) is 11.1 Å². The lowest BCUT2D eigenvalue weighted by Crippen LogP contribution is -2.55. The third-order valence-electron chi connectivity index (χ3n) is 7.46. The summed E-state index contributed by atoms with van der Waals surface area (Å²) < 4.78 is 136. The molecule has 2 aliphatic heterocycles. The number of hydrogen-bond donors (Lipinski definition) is 1. The third-order valence-corrected chi connectivity index (χ3v) is 8.82. The fraction of sp³-hybridized carbons (Fsp3) is 0.520. The molecule has 4 rings (SSSR count). The Balaban J connectivity index is 1.65. The molecule has 0 amide bonds. The number of piperazine rings is 1. The number of benzene rings is 2. The van der Waals surface area contributed by atoms with E-state index in [4.69, 9.17) is 0 Å². The molecule has 0 radical (unpaired) electrons. The molecule has 2 aliphatic rings. The van der Waals surface area contributed by atoms with E-state index in [9.17, 15) is 39.9 Å². The molecule has 2 unspecified atom stereocenters. The maximum absolute atomic E-state index is 15.6. The molecule has 0 aliphatic carbocycles. The van der Waals surface area contributed by atoms with Crippen molar-refractivity contribution in [2.45, 2.75) is 62.8 Å². The highest BCUT2D eigenvalue weighted by Crippen LogP contribution is 2.50. The van der Waals surface area contributed by atoms with Crippen LogP contribution in [0.1, 0.15) is 36.5 Å². The summed E-state index contributed by atoms with van der Waals surface area (Å²) >= 11 is 0. The first kappa shape index (κ1) is 29.7. The van der Waals surface area contributed by atoms with Crippen molar-refractivity contribution in [3.63, 3.8) is 0 Å². The average molecular weight is 587 g/mol. The summed E-state index contributed by atoms with van der Waals surface area (Å²) in [5, 5.41) is 9.59. The van der Waals surface area contributed by atoms with Gasteiger partial charge in [0.05, 0.1) is 6.26 Å². The van der Waals surface area contributed by atoms with Gasteiger partial charge in [-0.3, -0.25) is 4.90 Å². The van der Waals surface area contributed by atoms with E-state index in [0.29, 0.717) is 25.0 Å². The number of nitrogens with zero attached hydrogens (tertiary/aromatic N) is 2. The zero-order chi connectivity index (χ0) is 29.1. The van der Waals surface area contributed by atoms with Gasteiger partial charge in [-0.15, -0.1) is 0 Å². The first-order chi connectivity index (χ1) is 17.9. The van der Waals surface area contributed by atoms with Crippen molar-refractivity contribution in [1.29, 1.82) is 0 Å². The Morgan fingerprint density at radius 2 is 1.44 bits per heavy atom. The van der Waals surface area contributed by atoms with Gasteiger partial charge in [0.25, 0.3) is 5.60 Å². The molecule has 39 heavy (non-hydrogen) atoms. The van der Waals surface area contributed by atoms with Gasteiger partial charge in [-0.1, -0.05) is 31.2 Å². The monoisotopic (exact) mass is 586 g/mol. The summed E-state index contributed by atoms with van der Waals surface area (Å²) in [6, 6.07) is 2.90.